The molecule has 6 N–H and O–H groups in total. The molecule has 0 saturated carbocycles. The van der Waals surface area contributed by atoms with Crippen molar-refractivity contribution in [2.45, 2.75) is 256 Å². The molecule has 1 rings (SSSR count). The van der Waals surface area contributed by atoms with Gasteiger partial charge in [-0.2, -0.15) is 0 Å². The van der Waals surface area contributed by atoms with Crippen LogP contribution in [-0.4, -0.2) is 99.6 Å². The van der Waals surface area contributed by atoms with Crippen LogP contribution in [0.25, 0.3) is 0 Å². The first kappa shape index (κ1) is 67.3. The van der Waals surface area contributed by atoms with Gasteiger partial charge in [0.1, 0.15) is 24.4 Å². The summed E-state index contributed by atoms with van der Waals surface area (Å²) in [7, 11) is 0. The monoisotopic (exact) mass is 1020 g/mol. The molecule has 11 nitrogen and oxygen atoms in total. The van der Waals surface area contributed by atoms with Crippen molar-refractivity contribution in [3.8, 4) is 0 Å². The van der Waals surface area contributed by atoms with Gasteiger partial charge >= 0.3 is 5.97 Å². The van der Waals surface area contributed by atoms with Crippen LogP contribution >= 0.6 is 0 Å². The molecule has 8 unspecified atom stereocenters. The molecule has 1 aliphatic rings. The van der Waals surface area contributed by atoms with Crippen LogP contribution in [0, 0.1) is 0 Å². The zero-order valence-electron chi connectivity index (χ0n) is 45.7. The van der Waals surface area contributed by atoms with Crippen molar-refractivity contribution in [1.82, 2.24) is 5.32 Å². The van der Waals surface area contributed by atoms with Crippen LogP contribution in [0.5, 0.6) is 0 Å². The fourth-order valence-corrected chi connectivity index (χ4v) is 8.21. The Balaban J connectivity index is 2.75. The van der Waals surface area contributed by atoms with Gasteiger partial charge in [-0.3, -0.25) is 9.59 Å². The summed E-state index contributed by atoms with van der Waals surface area (Å²) >= 11 is 0. The van der Waals surface area contributed by atoms with Gasteiger partial charge in [0.25, 0.3) is 0 Å². The molecule has 1 amide bonds. The smallest absolute Gasteiger partial charge is 0.306 e. The number of nitrogens with one attached hydrogen (secondary N) is 1. The maximum Gasteiger partial charge on any atom is 0.306 e. The molecule has 416 valence electrons. The van der Waals surface area contributed by atoms with Crippen LogP contribution in [-0.2, 0) is 23.8 Å². The number of carbonyl (C=O) groups is 2. The lowest BCUT2D eigenvalue weighted by atomic mass is 9.99. The van der Waals surface area contributed by atoms with Gasteiger partial charge < -0.3 is 45.1 Å². The van der Waals surface area contributed by atoms with E-state index >= 15 is 0 Å². The van der Waals surface area contributed by atoms with Crippen LogP contribution in [0.3, 0.4) is 0 Å². The van der Waals surface area contributed by atoms with Gasteiger partial charge in [-0.05, 0) is 83.5 Å². The summed E-state index contributed by atoms with van der Waals surface area (Å²) in [6.07, 6.45) is 55.6. The van der Waals surface area contributed by atoms with E-state index < -0.39 is 67.4 Å². The number of aliphatic hydroxyl groups excluding tert-OH is 5. The zero-order chi connectivity index (χ0) is 53.3. The van der Waals surface area contributed by atoms with Gasteiger partial charge in [0, 0.05) is 6.42 Å². The predicted molar refractivity (Wildman–Crippen MR) is 301 cm³/mol. The standard InChI is InChI=1S/C62H103NO10/c1-4-7-10-13-16-19-22-24-26-27-28-29-30-32-35-38-41-44-47-50-57(67)73-60-59(69)58(68)56(51-64)72-62(60)71-52-53(54(65)48-45-42-39-36-33-21-18-15-12-9-6-3)63-61(70)55(66)49-46-43-40-37-34-31-25-23-20-17-14-11-8-5-2/h8,11,14,16-17,19-20,23-26,28-29,31,34,37,45,48,53-56,58-60,62,64-66,68-69H,4-7,9-10,12-13,15,18,21-22,27,30,32-33,35-36,38-44,46-47,49-52H2,1-3H3,(H,63,70)/b11-8+,17-14+,19-16-,23-20-,26-24-,29-28-,31-25-,37-34+,48-45+. The minimum Gasteiger partial charge on any atom is -0.454 e. The van der Waals surface area contributed by atoms with Crippen molar-refractivity contribution in [1.29, 1.82) is 0 Å². The van der Waals surface area contributed by atoms with Crippen molar-refractivity contribution in [3.63, 3.8) is 0 Å². The molecular formula is C62H103NO10. The second kappa shape index (κ2) is 49.2. The molecule has 1 fully saturated rings. The minimum absolute atomic E-state index is 0.0972. The zero-order valence-corrected chi connectivity index (χ0v) is 45.7. The molecule has 0 aromatic carbocycles. The molecule has 0 aromatic heterocycles. The summed E-state index contributed by atoms with van der Waals surface area (Å²) in [4.78, 5) is 26.4. The quantitative estimate of drug-likeness (QED) is 0.0149. The Bertz CT molecular complexity index is 1600. The van der Waals surface area contributed by atoms with Gasteiger partial charge in [0.2, 0.25) is 5.91 Å². The summed E-state index contributed by atoms with van der Waals surface area (Å²) < 4.78 is 17.5. The Morgan fingerprint density at radius 3 is 1.63 bits per heavy atom. The Kier molecular flexibility index (Phi) is 45.4. The molecule has 0 aliphatic carbocycles. The van der Waals surface area contributed by atoms with Crippen molar-refractivity contribution in [2.75, 3.05) is 13.2 Å². The second-order valence-corrected chi connectivity index (χ2v) is 19.4. The van der Waals surface area contributed by atoms with E-state index in [1.54, 1.807) is 6.08 Å². The molecule has 1 heterocycles. The van der Waals surface area contributed by atoms with Gasteiger partial charge in [-0.15, -0.1) is 0 Å². The molecule has 0 aromatic rings. The van der Waals surface area contributed by atoms with E-state index in [-0.39, 0.29) is 19.4 Å². The molecule has 73 heavy (non-hydrogen) atoms. The Labute approximate surface area is 443 Å². The number of hydrogen-bond acceptors (Lipinski definition) is 10. The van der Waals surface area contributed by atoms with Crippen molar-refractivity contribution >= 4 is 11.9 Å². The van der Waals surface area contributed by atoms with E-state index in [1.165, 1.54) is 64.2 Å². The molecule has 1 aliphatic heterocycles. The van der Waals surface area contributed by atoms with Gasteiger partial charge in [-0.25, -0.2) is 0 Å². The third kappa shape index (κ3) is 37.7. The number of rotatable bonds is 46. The van der Waals surface area contributed by atoms with Crippen molar-refractivity contribution in [2.24, 2.45) is 0 Å². The molecule has 1 saturated heterocycles. The summed E-state index contributed by atoms with van der Waals surface area (Å²) in [5.74, 6) is -1.26. The van der Waals surface area contributed by atoms with Crippen LogP contribution in [0.2, 0.25) is 0 Å². The first-order valence-electron chi connectivity index (χ1n) is 28.7. The maximum absolute atomic E-state index is 13.3. The average molecular weight is 1020 g/mol. The van der Waals surface area contributed by atoms with Crippen molar-refractivity contribution < 1.29 is 49.3 Å². The molecule has 0 radical (unpaired) electrons. The number of aliphatic hydroxyl groups is 5. The third-order valence-corrected chi connectivity index (χ3v) is 12.8. The number of allylic oxidation sites excluding steroid dienone is 17. The van der Waals surface area contributed by atoms with Gasteiger partial charge in [0.05, 0.1) is 25.4 Å². The first-order valence-corrected chi connectivity index (χ1v) is 28.7. The lowest BCUT2D eigenvalue weighted by Crippen LogP contribution is -2.61. The van der Waals surface area contributed by atoms with Gasteiger partial charge in [-0.1, -0.05) is 226 Å². The fraction of sp³-hybridized carbons (Fsp3) is 0.677. The number of esters is 1. The summed E-state index contributed by atoms with van der Waals surface area (Å²) in [5, 5.41) is 56.7. The first-order chi connectivity index (χ1) is 35.7. The largest absolute Gasteiger partial charge is 0.454 e. The normalized spacial score (nSPS) is 20.2. The Hall–Kier alpha value is -3.68. The number of ether oxygens (including phenoxy) is 3. The van der Waals surface area contributed by atoms with Crippen LogP contribution in [0.4, 0.5) is 0 Å². The third-order valence-electron chi connectivity index (χ3n) is 12.8. The highest BCUT2D eigenvalue weighted by Crippen LogP contribution is 2.26. The number of amides is 1. The molecule has 8 atom stereocenters. The summed E-state index contributed by atoms with van der Waals surface area (Å²) in [6.45, 7) is 5.54. The fourth-order valence-electron chi connectivity index (χ4n) is 8.21. The highest BCUT2D eigenvalue weighted by Gasteiger charge is 2.47. The van der Waals surface area contributed by atoms with Crippen LogP contribution < -0.4 is 5.32 Å². The molecule has 0 bridgehead atoms. The van der Waals surface area contributed by atoms with Crippen LogP contribution in [0.1, 0.15) is 207 Å². The number of unbranched alkanes of at least 4 members (excludes halogenated alkanes) is 20. The summed E-state index contributed by atoms with van der Waals surface area (Å²) in [6, 6.07) is -1.05. The minimum atomic E-state index is -1.63. The highest BCUT2D eigenvalue weighted by atomic mass is 16.7. The second-order valence-electron chi connectivity index (χ2n) is 19.4. The molecular weight excluding hydrogens is 919 g/mol. The van der Waals surface area contributed by atoms with E-state index in [1.807, 2.05) is 60.8 Å². The van der Waals surface area contributed by atoms with E-state index in [0.717, 1.165) is 96.3 Å². The lowest BCUT2D eigenvalue weighted by molar-refractivity contribution is -0.305. The van der Waals surface area contributed by atoms with Crippen molar-refractivity contribution in [3.05, 3.63) is 109 Å². The average Bonchev–Trinajstić information content (AvgIpc) is 3.39. The number of carbonyl (C=O) groups excluding carboxylic acids is 2. The maximum atomic E-state index is 13.3. The van der Waals surface area contributed by atoms with Crippen LogP contribution in [0.15, 0.2) is 109 Å². The Morgan fingerprint density at radius 1 is 0.562 bits per heavy atom. The summed E-state index contributed by atoms with van der Waals surface area (Å²) in [5.41, 5.74) is 0. The highest BCUT2D eigenvalue weighted by molar-refractivity contribution is 5.80. The van der Waals surface area contributed by atoms with E-state index in [0.29, 0.717) is 12.8 Å². The van der Waals surface area contributed by atoms with E-state index in [2.05, 4.69) is 68.6 Å². The topological polar surface area (TPSA) is 175 Å². The number of hydrogen-bond donors (Lipinski definition) is 6. The van der Waals surface area contributed by atoms with E-state index in [4.69, 9.17) is 14.2 Å². The Morgan fingerprint density at radius 2 is 1.04 bits per heavy atom. The van der Waals surface area contributed by atoms with Gasteiger partial charge in [0.15, 0.2) is 12.4 Å². The van der Waals surface area contributed by atoms with E-state index in [9.17, 15) is 35.1 Å². The SMILES string of the molecule is CC/C=C/C=C/C=C\C=C/C=C/CCCCC(O)C(=O)NC(COC1OC(CO)C(O)C(O)C1OC(=O)CCCCCCCC/C=C\C/C=C\C/C=C\CCCCC)C(O)/C=C/CCCCCCCCCCC. The molecule has 0 spiro atoms. The predicted octanol–water partition coefficient (Wildman–Crippen LogP) is 12.9. The molecule has 11 heteroatoms. The lowest BCUT2D eigenvalue weighted by Gasteiger charge is -2.41.